The number of methoxy groups -OCH3 is 1. The molecule has 0 spiro atoms. The molecule has 0 bridgehead atoms. The Kier molecular flexibility index (Phi) is 4.35. The summed E-state index contributed by atoms with van der Waals surface area (Å²) in [5.74, 6) is 12.3. The van der Waals surface area contributed by atoms with Gasteiger partial charge in [-0.15, -0.1) is 0 Å². The van der Waals surface area contributed by atoms with Crippen LogP contribution in [0.15, 0.2) is 29.4 Å². The lowest BCUT2D eigenvalue weighted by Gasteiger charge is -2.12. The molecule has 1 rings (SSSR count). The molecule has 0 aliphatic carbocycles. The highest BCUT2D eigenvalue weighted by Crippen LogP contribution is 2.10. The van der Waals surface area contributed by atoms with Crippen LogP contribution < -0.4 is 10.6 Å². The molecule has 0 saturated carbocycles. The normalized spacial score (nSPS) is 11.6. The van der Waals surface area contributed by atoms with Gasteiger partial charge < -0.3 is 10.6 Å². The second kappa shape index (κ2) is 5.55. The SMILES string of the molecule is COc1ccc(C#C/C(=N/N)[Si](C)(C)C)cc1. The largest absolute Gasteiger partial charge is 0.497 e. The lowest BCUT2D eigenvalue weighted by atomic mass is 10.2. The topological polar surface area (TPSA) is 47.6 Å². The first-order valence-corrected chi connectivity index (χ1v) is 8.92. The molecule has 0 aliphatic heterocycles. The summed E-state index contributed by atoms with van der Waals surface area (Å²) in [5.41, 5.74) is 0.935. The Bertz CT molecular complexity index is 461. The van der Waals surface area contributed by atoms with Crippen LogP contribution in [0.3, 0.4) is 0 Å². The van der Waals surface area contributed by atoms with Crippen molar-refractivity contribution in [1.82, 2.24) is 0 Å². The highest BCUT2D eigenvalue weighted by atomic mass is 28.3. The van der Waals surface area contributed by atoms with E-state index in [1.54, 1.807) is 7.11 Å². The summed E-state index contributed by atoms with van der Waals surface area (Å²) in [7, 11) is 0.112. The van der Waals surface area contributed by atoms with Gasteiger partial charge in [0.15, 0.2) is 0 Å². The van der Waals surface area contributed by atoms with Gasteiger partial charge in [0.1, 0.15) is 13.8 Å². The van der Waals surface area contributed by atoms with Gasteiger partial charge in [-0.1, -0.05) is 25.6 Å². The van der Waals surface area contributed by atoms with Crippen molar-refractivity contribution in [3.05, 3.63) is 29.8 Å². The third-order valence-corrected chi connectivity index (χ3v) is 3.93. The molecule has 1 aromatic carbocycles. The molecule has 0 fully saturated rings. The van der Waals surface area contributed by atoms with Gasteiger partial charge in [0.05, 0.1) is 12.4 Å². The van der Waals surface area contributed by atoms with E-state index < -0.39 is 8.07 Å². The number of benzene rings is 1. The van der Waals surface area contributed by atoms with Crippen LogP contribution in [0.2, 0.25) is 19.6 Å². The van der Waals surface area contributed by atoms with Gasteiger partial charge in [0.25, 0.3) is 0 Å². The van der Waals surface area contributed by atoms with Crippen molar-refractivity contribution in [2.24, 2.45) is 10.9 Å². The molecule has 0 aromatic heterocycles. The molecule has 0 unspecified atom stereocenters. The van der Waals surface area contributed by atoms with E-state index in [0.717, 1.165) is 16.6 Å². The Morgan fingerprint density at radius 3 is 2.24 bits per heavy atom. The van der Waals surface area contributed by atoms with E-state index in [4.69, 9.17) is 10.6 Å². The molecule has 90 valence electrons. The predicted molar refractivity (Wildman–Crippen MR) is 74.8 cm³/mol. The first-order valence-electron chi connectivity index (χ1n) is 5.42. The number of nitrogens with two attached hydrogens (primary N) is 1. The monoisotopic (exact) mass is 246 g/mol. The maximum absolute atomic E-state index is 5.37. The Labute approximate surface area is 104 Å². The quantitative estimate of drug-likeness (QED) is 0.286. The molecule has 2 N–H and O–H groups in total. The minimum absolute atomic E-state index is 0.827. The molecular formula is C13H18N2OSi. The second-order valence-corrected chi connectivity index (χ2v) is 9.68. The summed E-state index contributed by atoms with van der Waals surface area (Å²) in [4.78, 5) is 0. The molecule has 0 aliphatic rings. The standard InChI is InChI=1S/C13H18N2OSi/c1-16-12-8-5-11(6-9-12)7-10-13(15-14)17(2,3)4/h5-6,8-9H,14H2,1-4H3/b15-13-. The van der Waals surface area contributed by atoms with Crippen LogP contribution in [0.1, 0.15) is 5.56 Å². The third-order valence-electron chi connectivity index (χ3n) is 2.25. The lowest BCUT2D eigenvalue weighted by Crippen LogP contribution is -2.33. The van der Waals surface area contributed by atoms with Gasteiger partial charge in [-0.2, -0.15) is 5.10 Å². The molecule has 0 heterocycles. The van der Waals surface area contributed by atoms with Crippen molar-refractivity contribution in [1.29, 1.82) is 0 Å². The number of hydrazone groups is 1. The summed E-state index contributed by atoms with van der Waals surface area (Å²) >= 11 is 0. The van der Waals surface area contributed by atoms with Crippen LogP contribution >= 0.6 is 0 Å². The van der Waals surface area contributed by atoms with Crippen molar-refractivity contribution < 1.29 is 4.74 Å². The van der Waals surface area contributed by atoms with Crippen LogP contribution in [0, 0.1) is 11.8 Å². The first kappa shape index (κ1) is 13.3. The van der Waals surface area contributed by atoms with Gasteiger partial charge in [-0.05, 0) is 30.2 Å². The zero-order chi connectivity index (χ0) is 12.9. The Morgan fingerprint density at radius 2 is 1.82 bits per heavy atom. The summed E-state index contributed by atoms with van der Waals surface area (Å²) in [6, 6.07) is 7.62. The van der Waals surface area contributed by atoms with Crippen molar-refractivity contribution in [2.45, 2.75) is 19.6 Å². The fraction of sp³-hybridized carbons (Fsp3) is 0.308. The summed E-state index contributed by atoms with van der Waals surface area (Å²) < 4.78 is 5.09. The molecule has 17 heavy (non-hydrogen) atoms. The molecule has 4 heteroatoms. The van der Waals surface area contributed by atoms with Gasteiger partial charge in [0, 0.05) is 5.56 Å². The van der Waals surface area contributed by atoms with E-state index in [9.17, 15) is 0 Å². The van der Waals surface area contributed by atoms with Crippen molar-refractivity contribution in [3.63, 3.8) is 0 Å². The summed E-state index contributed by atoms with van der Waals surface area (Å²) in [6.45, 7) is 6.50. The van der Waals surface area contributed by atoms with E-state index in [1.807, 2.05) is 24.3 Å². The molecular weight excluding hydrogens is 228 g/mol. The highest BCUT2D eigenvalue weighted by Gasteiger charge is 2.19. The smallest absolute Gasteiger partial charge is 0.118 e. The van der Waals surface area contributed by atoms with Crippen LogP contribution in [-0.4, -0.2) is 20.5 Å². The minimum atomic E-state index is -1.53. The van der Waals surface area contributed by atoms with Gasteiger partial charge in [0.2, 0.25) is 0 Å². The van der Waals surface area contributed by atoms with Gasteiger partial charge in [-0.25, -0.2) is 0 Å². The number of nitrogens with zero attached hydrogens (tertiary/aromatic N) is 1. The minimum Gasteiger partial charge on any atom is -0.497 e. The average Bonchev–Trinajstić information content (AvgIpc) is 2.29. The first-order chi connectivity index (χ1) is 7.97. The van der Waals surface area contributed by atoms with E-state index in [0.29, 0.717) is 0 Å². The number of hydrogen-bond donors (Lipinski definition) is 1. The Hall–Kier alpha value is -1.73. The highest BCUT2D eigenvalue weighted by molar-refractivity contribution is 7.06. The summed E-state index contributed by atoms with van der Waals surface area (Å²) in [6.07, 6.45) is 0. The van der Waals surface area contributed by atoms with Crippen LogP contribution in [0.4, 0.5) is 0 Å². The molecule has 0 atom stereocenters. The molecule has 0 radical (unpaired) electrons. The average molecular weight is 246 g/mol. The number of hydrogen-bond acceptors (Lipinski definition) is 3. The zero-order valence-corrected chi connectivity index (χ0v) is 11.7. The van der Waals surface area contributed by atoms with Crippen LogP contribution in [0.5, 0.6) is 5.75 Å². The Balaban J connectivity index is 2.91. The fourth-order valence-corrected chi connectivity index (χ4v) is 2.04. The maximum Gasteiger partial charge on any atom is 0.118 e. The molecule has 1 aromatic rings. The van der Waals surface area contributed by atoms with E-state index >= 15 is 0 Å². The molecule has 0 saturated heterocycles. The fourth-order valence-electron chi connectivity index (χ4n) is 1.22. The van der Waals surface area contributed by atoms with Gasteiger partial charge >= 0.3 is 0 Å². The van der Waals surface area contributed by atoms with Crippen LogP contribution in [0.25, 0.3) is 0 Å². The maximum atomic E-state index is 5.37. The van der Waals surface area contributed by atoms with Crippen LogP contribution in [-0.2, 0) is 0 Å². The van der Waals surface area contributed by atoms with E-state index in [2.05, 4.69) is 36.6 Å². The predicted octanol–water partition coefficient (Wildman–Crippen LogP) is 2.24. The number of ether oxygens (including phenoxy) is 1. The third kappa shape index (κ3) is 3.97. The number of rotatable bonds is 2. The van der Waals surface area contributed by atoms with Gasteiger partial charge in [-0.3, -0.25) is 0 Å². The van der Waals surface area contributed by atoms with Crippen molar-refractivity contribution in [3.8, 4) is 17.6 Å². The second-order valence-electron chi connectivity index (χ2n) is 4.71. The van der Waals surface area contributed by atoms with Crippen molar-refractivity contribution >= 4 is 13.4 Å². The Morgan fingerprint density at radius 1 is 1.24 bits per heavy atom. The van der Waals surface area contributed by atoms with E-state index in [-0.39, 0.29) is 0 Å². The van der Waals surface area contributed by atoms with Crippen molar-refractivity contribution in [2.75, 3.05) is 7.11 Å². The molecule has 0 amide bonds. The zero-order valence-electron chi connectivity index (χ0n) is 10.7. The lowest BCUT2D eigenvalue weighted by molar-refractivity contribution is 0.415. The van der Waals surface area contributed by atoms with E-state index in [1.165, 1.54) is 0 Å². The summed E-state index contributed by atoms with van der Waals surface area (Å²) in [5, 5.41) is 4.62. The molecule has 3 nitrogen and oxygen atoms in total.